The summed E-state index contributed by atoms with van der Waals surface area (Å²) in [7, 11) is 0. The van der Waals surface area contributed by atoms with Crippen molar-refractivity contribution in [1.82, 2.24) is 9.55 Å². The van der Waals surface area contributed by atoms with E-state index in [0.29, 0.717) is 19.6 Å². The molecule has 0 radical (unpaired) electrons. The van der Waals surface area contributed by atoms with Crippen molar-refractivity contribution in [3.63, 3.8) is 0 Å². The van der Waals surface area contributed by atoms with Crippen molar-refractivity contribution in [2.24, 2.45) is 5.92 Å². The summed E-state index contributed by atoms with van der Waals surface area (Å²) >= 11 is 3.63. The number of aromatic nitrogens is 2. The van der Waals surface area contributed by atoms with E-state index in [9.17, 15) is 9.59 Å². The maximum atomic E-state index is 12.1. The summed E-state index contributed by atoms with van der Waals surface area (Å²) in [6.45, 7) is 0.965. The summed E-state index contributed by atoms with van der Waals surface area (Å²) in [5, 5.41) is 0.722. The summed E-state index contributed by atoms with van der Waals surface area (Å²) in [4.78, 5) is 25.7. The lowest BCUT2D eigenvalue weighted by atomic mass is 9.80. The number of hydrogen-bond acceptors (Lipinski definition) is 3. The van der Waals surface area contributed by atoms with E-state index >= 15 is 0 Å². The molecule has 3 aromatic carbocycles. The number of H-pyrrole nitrogens is 1. The van der Waals surface area contributed by atoms with Gasteiger partial charge in [0.2, 0.25) is 0 Å². The van der Waals surface area contributed by atoms with Gasteiger partial charge in [-0.15, -0.1) is 0 Å². The van der Waals surface area contributed by atoms with Gasteiger partial charge in [0.05, 0.1) is 6.61 Å². The number of hydrogen-bond donors (Lipinski definition) is 1. The second-order valence-electron chi connectivity index (χ2n) is 8.20. The number of halogens is 1. The van der Waals surface area contributed by atoms with Crippen LogP contribution in [0, 0.1) is 5.92 Å². The Morgan fingerprint density at radius 1 is 0.794 bits per heavy atom. The van der Waals surface area contributed by atoms with Gasteiger partial charge in [-0.2, -0.15) is 0 Å². The van der Waals surface area contributed by atoms with Crippen LogP contribution in [0.25, 0.3) is 0 Å². The second kappa shape index (κ2) is 11.3. The molecule has 0 aliphatic carbocycles. The Labute approximate surface area is 207 Å². The summed E-state index contributed by atoms with van der Waals surface area (Å²) in [6.07, 6.45) is 2.25. The van der Waals surface area contributed by atoms with Gasteiger partial charge in [-0.1, -0.05) is 107 Å². The molecule has 1 heterocycles. The molecule has 0 saturated carbocycles. The average molecular weight is 519 g/mol. The van der Waals surface area contributed by atoms with Crippen LogP contribution in [0.5, 0.6) is 0 Å². The highest BCUT2D eigenvalue weighted by Crippen LogP contribution is 2.40. The largest absolute Gasteiger partial charge is 0.361 e. The van der Waals surface area contributed by atoms with E-state index in [-0.39, 0.29) is 11.5 Å². The molecule has 5 nitrogen and oxygen atoms in total. The SMILES string of the molecule is O=c1ccn(CCC(CBr)COC(c2ccccc2)(c2ccccc2)c2ccccc2)c(=O)[nH]1. The van der Waals surface area contributed by atoms with Crippen LogP contribution in [0.1, 0.15) is 23.1 Å². The number of alkyl halides is 1. The van der Waals surface area contributed by atoms with E-state index in [2.05, 4.69) is 57.3 Å². The van der Waals surface area contributed by atoms with Crippen molar-refractivity contribution in [2.45, 2.75) is 18.6 Å². The number of aromatic amines is 1. The van der Waals surface area contributed by atoms with Crippen LogP contribution in [0.2, 0.25) is 0 Å². The molecule has 34 heavy (non-hydrogen) atoms. The predicted molar refractivity (Wildman–Crippen MR) is 138 cm³/mol. The van der Waals surface area contributed by atoms with Crippen LogP contribution < -0.4 is 11.2 Å². The van der Waals surface area contributed by atoms with E-state index in [4.69, 9.17) is 4.74 Å². The van der Waals surface area contributed by atoms with Gasteiger partial charge in [0, 0.05) is 24.1 Å². The molecule has 6 heteroatoms. The number of benzene rings is 3. The van der Waals surface area contributed by atoms with Crippen molar-refractivity contribution in [3.05, 3.63) is 141 Å². The third kappa shape index (κ3) is 5.29. The van der Waals surface area contributed by atoms with Crippen LogP contribution in [-0.4, -0.2) is 21.5 Å². The Bertz CT molecular complexity index is 1190. The van der Waals surface area contributed by atoms with E-state index in [1.807, 2.05) is 54.6 Å². The number of ether oxygens (including phenoxy) is 1. The number of nitrogens with zero attached hydrogens (tertiary/aromatic N) is 1. The van der Waals surface area contributed by atoms with Gasteiger partial charge < -0.3 is 9.30 Å². The van der Waals surface area contributed by atoms with Crippen molar-refractivity contribution in [3.8, 4) is 0 Å². The highest BCUT2D eigenvalue weighted by atomic mass is 79.9. The molecule has 0 aliphatic heterocycles. The van der Waals surface area contributed by atoms with Gasteiger partial charge in [-0.05, 0) is 29.0 Å². The van der Waals surface area contributed by atoms with E-state index in [1.165, 1.54) is 16.8 Å². The van der Waals surface area contributed by atoms with Crippen molar-refractivity contribution >= 4 is 15.9 Å². The summed E-state index contributed by atoms with van der Waals surface area (Å²) in [6, 6.07) is 32.2. The minimum atomic E-state index is -0.779. The molecular weight excluding hydrogens is 492 g/mol. The molecule has 0 amide bonds. The Balaban J connectivity index is 1.66. The minimum Gasteiger partial charge on any atom is -0.361 e. The van der Waals surface area contributed by atoms with Crippen molar-refractivity contribution in [2.75, 3.05) is 11.9 Å². The molecule has 4 aromatic rings. The molecular formula is C28H27BrN2O3. The first-order chi connectivity index (χ1) is 16.6. The van der Waals surface area contributed by atoms with Crippen LogP contribution in [0.15, 0.2) is 113 Å². The maximum absolute atomic E-state index is 12.1. The van der Waals surface area contributed by atoms with Crippen molar-refractivity contribution < 1.29 is 4.74 Å². The lowest BCUT2D eigenvalue weighted by molar-refractivity contribution is -0.00616. The topological polar surface area (TPSA) is 64.1 Å². The summed E-state index contributed by atoms with van der Waals surface area (Å²) in [5.41, 5.74) is 1.60. The predicted octanol–water partition coefficient (Wildman–Crippen LogP) is 4.95. The lowest BCUT2D eigenvalue weighted by Crippen LogP contribution is -2.35. The number of aryl methyl sites for hydroxylation is 1. The fraction of sp³-hybridized carbons (Fsp3) is 0.214. The monoisotopic (exact) mass is 518 g/mol. The zero-order valence-electron chi connectivity index (χ0n) is 18.8. The third-order valence-corrected chi connectivity index (χ3v) is 6.89. The van der Waals surface area contributed by atoms with Gasteiger partial charge in [0.25, 0.3) is 5.56 Å². The standard InChI is InChI=1S/C28H27BrN2O3/c29-20-22(16-18-31-19-17-26(32)30-27(31)33)21-34-28(23-10-4-1-5-11-23,24-12-6-2-7-13-24)25-14-8-3-9-15-25/h1-15,17,19,22H,16,18,20-21H2,(H,30,32,33). The first-order valence-electron chi connectivity index (χ1n) is 11.3. The second-order valence-corrected chi connectivity index (χ2v) is 8.85. The zero-order valence-corrected chi connectivity index (χ0v) is 20.4. The quantitative estimate of drug-likeness (QED) is 0.238. The maximum Gasteiger partial charge on any atom is 0.328 e. The Morgan fingerprint density at radius 3 is 1.74 bits per heavy atom. The van der Waals surface area contributed by atoms with Crippen LogP contribution >= 0.6 is 15.9 Å². The Morgan fingerprint density at radius 2 is 1.29 bits per heavy atom. The van der Waals surface area contributed by atoms with Crippen molar-refractivity contribution in [1.29, 1.82) is 0 Å². The molecule has 0 fully saturated rings. The molecule has 0 aliphatic rings. The van der Waals surface area contributed by atoms with Gasteiger partial charge in [-0.3, -0.25) is 9.78 Å². The van der Waals surface area contributed by atoms with Crippen LogP contribution in [-0.2, 0) is 16.9 Å². The fourth-order valence-corrected chi connectivity index (χ4v) is 4.67. The summed E-state index contributed by atoms with van der Waals surface area (Å²) in [5.74, 6) is 0.148. The first kappa shape index (κ1) is 23.9. The normalized spacial score (nSPS) is 12.4. The minimum absolute atomic E-state index is 0.148. The molecule has 4 rings (SSSR count). The molecule has 1 unspecified atom stereocenters. The van der Waals surface area contributed by atoms with Crippen LogP contribution in [0.4, 0.5) is 0 Å². The van der Waals surface area contributed by atoms with E-state index < -0.39 is 11.3 Å². The molecule has 0 bridgehead atoms. The molecule has 1 atom stereocenters. The van der Waals surface area contributed by atoms with Gasteiger partial charge >= 0.3 is 5.69 Å². The number of nitrogens with one attached hydrogen (secondary N) is 1. The van der Waals surface area contributed by atoms with E-state index in [1.54, 1.807) is 0 Å². The van der Waals surface area contributed by atoms with Gasteiger partial charge in [0.1, 0.15) is 5.60 Å². The van der Waals surface area contributed by atoms with Crippen LogP contribution in [0.3, 0.4) is 0 Å². The Hall–Kier alpha value is -3.22. The summed E-state index contributed by atoms with van der Waals surface area (Å²) < 4.78 is 8.43. The average Bonchev–Trinajstić information content (AvgIpc) is 2.89. The highest BCUT2D eigenvalue weighted by molar-refractivity contribution is 9.09. The molecule has 1 aromatic heterocycles. The molecule has 0 spiro atoms. The third-order valence-electron chi connectivity index (χ3n) is 5.97. The molecule has 1 N–H and O–H groups in total. The van der Waals surface area contributed by atoms with Gasteiger partial charge in [0.15, 0.2) is 0 Å². The highest BCUT2D eigenvalue weighted by Gasteiger charge is 2.38. The van der Waals surface area contributed by atoms with E-state index in [0.717, 1.165) is 22.0 Å². The first-order valence-corrected chi connectivity index (χ1v) is 12.4. The zero-order chi connectivity index (χ0) is 23.8. The number of rotatable bonds is 10. The van der Waals surface area contributed by atoms with Gasteiger partial charge in [-0.25, -0.2) is 4.79 Å². The molecule has 174 valence electrons. The fourth-order valence-electron chi connectivity index (χ4n) is 4.16. The molecule has 0 saturated heterocycles. The Kier molecular flexibility index (Phi) is 7.93. The smallest absolute Gasteiger partial charge is 0.328 e. The lowest BCUT2D eigenvalue weighted by Gasteiger charge is -2.37.